The Hall–Kier alpha value is -1.94. The van der Waals surface area contributed by atoms with Crippen molar-refractivity contribution in [2.75, 3.05) is 13.6 Å². The van der Waals surface area contributed by atoms with Gasteiger partial charge in [-0.15, -0.1) is 35.3 Å². The zero-order valence-electron chi connectivity index (χ0n) is 14.7. The van der Waals surface area contributed by atoms with Crippen LogP contribution in [0.15, 0.2) is 51.3 Å². The minimum atomic E-state index is 0. The Morgan fingerprint density at radius 3 is 2.69 bits per heavy atom. The molecule has 0 bridgehead atoms. The molecule has 0 aliphatic rings. The van der Waals surface area contributed by atoms with Crippen LogP contribution in [0.1, 0.15) is 16.4 Å². The van der Waals surface area contributed by atoms with Crippen molar-refractivity contribution in [1.29, 1.82) is 0 Å². The molecule has 0 aliphatic heterocycles. The fraction of sp³-hybridized carbons (Fsp3) is 0.278. The third-order valence-electron chi connectivity index (χ3n) is 3.62. The molecule has 3 rings (SSSR count). The molecule has 2 aromatic heterocycles. The predicted molar refractivity (Wildman–Crippen MR) is 116 cm³/mol. The predicted octanol–water partition coefficient (Wildman–Crippen LogP) is 3.63. The maximum absolute atomic E-state index is 5.40. The highest BCUT2D eigenvalue weighted by Crippen LogP contribution is 2.19. The number of guanidine groups is 1. The lowest BCUT2D eigenvalue weighted by Gasteiger charge is -2.09. The average molecular weight is 483 g/mol. The largest absolute Gasteiger partial charge is 0.356 e. The highest BCUT2D eigenvalue weighted by molar-refractivity contribution is 14.0. The van der Waals surface area contributed by atoms with E-state index in [9.17, 15) is 0 Å². The number of aromatic nitrogens is 2. The minimum absolute atomic E-state index is 0. The van der Waals surface area contributed by atoms with Crippen molar-refractivity contribution in [2.24, 2.45) is 4.99 Å². The second-order valence-electron chi connectivity index (χ2n) is 5.51. The third-order valence-corrected chi connectivity index (χ3v) is 4.44. The van der Waals surface area contributed by atoms with Crippen molar-refractivity contribution < 1.29 is 4.52 Å². The molecule has 0 fully saturated rings. The molecule has 0 unspecified atom stereocenters. The topological polar surface area (TPSA) is 75.3 Å². The van der Waals surface area contributed by atoms with Crippen LogP contribution in [0.4, 0.5) is 0 Å². The number of thiazole rings is 1. The standard InChI is InChI=1S/C18H21N5OS.HI/c1-13-22-15(12-25-13)8-9-20-18(19-2)21-11-16-10-17(24-23-16)14-6-4-3-5-7-14;/h3-7,10,12H,8-9,11H2,1-2H3,(H2,19,20,21);1H. The summed E-state index contributed by atoms with van der Waals surface area (Å²) >= 11 is 1.67. The number of aryl methyl sites for hydroxylation is 1. The number of hydrogen-bond acceptors (Lipinski definition) is 5. The molecule has 2 heterocycles. The normalized spacial score (nSPS) is 11.1. The average Bonchev–Trinajstić information content (AvgIpc) is 3.28. The molecular formula is C18H22IN5OS. The fourth-order valence-corrected chi connectivity index (χ4v) is 3.01. The van der Waals surface area contributed by atoms with E-state index in [1.54, 1.807) is 18.4 Å². The fourth-order valence-electron chi connectivity index (χ4n) is 2.36. The van der Waals surface area contributed by atoms with Crippen LogP contribution in [0.25, 0.3) is 11.3 Å². The number of hydrogen-bond donors (Lipinski definition) is 2. The Morgan fingerprint density at radius 1 is 1.19 bits per heavy atom. The highest BCUT2D eigenvalue weighted by Gasteiger charge is 2.07. The molecule has 0 spiro atoms. The number of halogens is 1. The molecule has 2 N–H and O–H groups in total. The van der Waals surface area contributed by atoms with Crippen LogP contribution in [0.2, 0.25) is 0 Å². The first-order valence-corrected chi connectivity index (χ1v) is 8.99. The van der Waals surface area contributed by atoms with Crippen molar-refractivity contribution in [2.45, 2.75) is 19.9 Å². The van der Waals surface area contributed by atoms with Gasteiger partial charge in [0.25, 0.3) is 0 Å². The summed E-state index contributed by atoms with van der Waals surface area (Å²) in [6, 6.07) is 11.9. The summed E-state index contributed by atoms with van der Waals surface area (Å²) in [6.07, 6.45) is 0.868. The Morgan fingerprint density at radius 2 is 2.00 bits per heavy atom. The van der Waals surface area contributed by atoms with E-state index in [-0.39, 0.29) is 24.0 Å². The summed E-state index contributed by atoms with van der Waals surface area (Å²) < 4.78 is 5.40. The van der Waals surface area contributed by atoms with E-state index in [2.05, 4.69) is 31.1 Å². The Kier molecular flexibility index (Phi) is 8.05. The molecule has 0 aliphatic carbocycles. The quantitative estimate of drug-likeness (QED) is 0.318. The van der Waals surface area contributed by atoms with Crippen LogP contribution < -0.4 is 10.6 Å². The van der Waals surface area contributed by atoms with Gasteiger partial charge in [-0.05, 0) is 6.92 Å². The van der Waals surface area contributed by atoms with E-state index >= 15 is 0 Å². The maximum atomic E-state index is 5.40. The van der Waals surface area contributed by atoms with Gasteiger partial charge in [0.1, 0.15) is 5.69 Å². The molecular weight excluding hydrogens is 461 g/mol. The number of nitrogens with zero attached hydrogens (tertiary/aromatic N) is 3. The first-order valence-electron chi connectivity index (χ1n) is 8.11. The zero-order chi connectivity index (χ0) is 17.5. The van der Waals surface area contributed by atoms with Crippen LogP contribution in [-0.2, 0) is 13.0 Å². The first-order chi connectivity index (χ1) is 12.2. The number of rotatable bonds is 6. The minimum Gasteiger partial charge on any atom is -0.356 e. The number of benzene rings is 1. The van der Waals surface area contributed by atoms with Gasteiger partial charge in [0.2, 0.25) is 0 Å². The second kappa shape index (κ2) is 10.3. The van der Waals surface area contributed by atoms with Crippen molar-refractivity contribution in [3.05, 3.63) is 58.2 Å². The van der Waals surface area contributed by atoms with Crippen LogP contribution in [0.3, 0.4) is 0 Å². The third kappa shape index (κ3) is 5.80. The molecule has 0 atom stereocenters. The van der Waals surface area contributed by atoms with Crippen molar-refractivity contribution in [1.82, 2.24) is 20.8 Å². The van der Waals surface area contributed by atoms with Gasteiger partial charge in [-0.25, -0.2) is 4.98 Å². The van der Waals surface area contributed by atoms with Crippen LogP contribution in [-0.4, -0.2) is 29.7 Å². The molecule has 138 valence electrons. The SMILES string of the molecule is CN=C(NCCc1csc(C)n1)NCc1cc(-c2ccccc2)on1.I. The summed E-state index contributed by atoms with van der Waals surface area (Å²) in [5.74, 6) is 1.50. The van der Waals surface area contributed by atoms with Gasteiger partial charge < -0.3 is 15.2 Å². The summed E-state index contributed by atoms with van der Waals surface area (Å²) in [5, 5.41) is 13.8. The summed E-state index contributed by atoms with van der Waals surface area (Å²) in [4.78, 5) is 8.68. The number of nitrogens with one attached hydrogen (secondary N) is 2. The summed E-state index contributed by atoms with van der Waals surface area (Å²) in [7, 11) is 1.75. The Balaban J connectivity index is 0.00000243. The van der Waals surface area contributed by atoms with Crippen molar-refractivity contribution in [3.63, 3.8) is 0 Å². The molecule has 26 heavy (non-hydrogen) atoms. The molecule has 8 heteroatoms. The van der Waals surface area contributed by atoms with E-state index in [4.69, 9.17) is 4.52 Å². The van der Waals surface area contributed by atoms with Crippen LogP contribution in [0.5, 0.6) is 0 Å². The van der Waals surface area contributed by atoms with Gasteiger partial charge in [-0.2, -0.15) is 0 Å². The van der Waals surface area contributed by atoms with Gasteiger partial charge in [0.15, 0.2) is 11.7 Å². The van der Waals surface area contributed by atoms with Crippen LogP contribution >= 0.6 is 35.3 Å². The van der Waals surface area contributed by atoms with E-state index in [0.717, 1.165) is 46.6 Å². The highest BCUT2D eigenvalue weighted by atomic mass is 127. The Labute approximate surface area is 174 Å². The molecule has 3 aromatic rings. The lowest BCUT2D eigenvalue weighted by molar-refractivity contribution is 0.422. The van der Waals surface area contributed by atoms with E-state index in [0.29, 0.717) is 6.54 Å². The molecule has 0 amide bonds. The van der Waals surface area contributed by atoms with Gasteiger partial charge in [-0.3, -0.25) is 4.99 Å². The van der Waals surface area contributed by atoms with E-state index in [1.807, 2.05) is 43.3 Å². The lowest BCUT2D eigenvalue weighted by atomic mass is 10.2. The van der Waals surface area contributed by atoms with E-state index in [1.165, 1.54) is 0 Å². The Bertz CT molecular complexity index is 831. The molecule has 6 nitrogen and oxygen atoms in total. The monoisotopic (exact) mass is 483 g/mol. The first kappa shape index (κ1) is 20.4. The summed E-state index contributed by atoms with van der Waals surface area (Å²) in [6.45, 7) is 3.34. The van der Waals surface area contributed by atoms with Gasteiger partial charge in [0.05, 0.1) is 17.2 Å². The van der Waals surface area contributed by atoms with Crippen molar-refractivity contribution in [3.8, 4) is 11.3 Å². The summed E-state index contributed by atoms with van der Waals surface area (Å²) in [5.41, 5.74) is 2.95. The van der Waals surface area contributed by atoms with Gasteiger partial charge in [-0.1, -0.05) is 35.5 Å². The maximum Gasteiger partial charge on any atom is 0.191 e. The molecule has 0 radical (unpaired) electrons. The van der Waals surface area contributed by atoms with Crippen LogP contribution in [0, 0.1) is 6.92 Å². The van der Waals surface area contributed by atoms with Gasteiger partial charge in [0, 0.05) is 37.0 Å². The second-order valence-corrected chi connectivity index (χ2v) is 6.57. The molecule has 1 aromatic carbocycles. The van der Waals surface area contributed by atoms with Crippen molar-refractivity contribution >= 4 is 41.3 Å². The molecule has 0 saturated heterocycles. The van der Waals surface area contributed by atoms with Gasteiger partial charge >= 0.3 is 0 Å². The van der Waals surface area contributed by atoms with E-state index < -0.39 is 0 Å². The zero-order valence-corrected chi connectivity index (χ0v) is 17.9. The number of aliphatic imine (C=N–C) groups is 1. The lowest BCUT2D eigenvalue weighted by Crippen LogP contribution is -2.37. The molecule has 0 saturated carbocycles. The smallest absolute Gasteiger partial charge is 0.191 e.